The third kappa shape index (κ3) is 5.87. The van der Waals surface area contributed by atoms with Gasteiger partial charge < -0.3 is 15.5 Å². The fourth-order valence-corrected chi connectivity index (χ4v) is 4.75. The normalized spacial score (nSPS) is 11.8. The molecular formula is C32H35N7O. The smallest absolute Gasteiger partial charge is 0.248 e. The van der Waals surface area contributed by atoms with E-state index in [0.29, 0.717) is 19.0 Å². The maximum atomic E-state index is 12.3. The molecule has 40 heavy (non-hydrogen) atoms. The molecule has 3 heterocycles. The van der Waals surface area contributed by atoms with Gasteiger partial charge in [-0.1, -0.05) is 50.3 Å². The fourth-order valence-electron chi connectivity index (χ4n) is 4.75. The van der Waals surface area contributed by atoms with E-state index in [1.807, 2.05) is 91.4 Å². The minimum Gasteiger partial charge on any atom is -0.366 e. The van der Waals surface area contributed by atoms with Crippen molar-refractivity contribution in [3.8, 4) is 11.3 Å². The van der Waals surface area contributed by atoms with Crippen LogP contribution in [0, 0.1) is 6.92 Å². The number of anilines is 2. The number of pyridine rings is 1. The minimum atomic E-state index is -0.148. The van der Waals surface area contributed by atoms with Crippen molar-refractivity contribution >= 4 is 33.8 Å². The van der Waals surface area contributed by atoms with Crippen molar-refractivity contribution in [1.82, 2.24) is 24.5 Å². The Bertz CT molecular complexity index is 1700. The van der Waals surface area contributed by atoms with Crippen molar-refractivity contribution in [2.24, 2.45) is 0 Å². The highest BCUT2D eigenvalue weighted by Crippen LogP contribution is 2.31. The highest BCUT2D eigenvalue weighted by atomic mass is 16.1. The van der Waals surface area contributed by atoms with E-state index in [2.05, 4.69) is 41.7 Å². The van der Waals surface area contributed by atoms with Crippen molar-refractivity contribution in [2.75, 3.05) is 31.3 Å². The summed E-state index contributed by atoms with van der Waals surface area (Å²) >= 11 is 0. The zero-order chi connectivity index (χ0) is 28.2. The predicted molar refractivity (Wildman–Crippen MR) is 163 cm³/mol. The van der Waals surface area contributed by atoms with Gasteiger partial charge in [0.1, 0.15) is 5.82 Å². The van der Waals surface area contributed by atoms with E-state index >= 15 is 0 Å². The van der Waals surface area contributed by atoms with Gasteiger partial charge in [0, 0.05) is 59.3 Å². The Morgan fingerprint density at radius 2 is 1.93 bits per heavy atom. The second-order valence-electron chi connectivity index (χ2n) is 10.5. The summed E-state index contributed by atoms with van der Waals surface area (Å²) in [6.07, 6.45) is 7.13. The molecule has 0 spiro atoms. The Hall–Kier alpha value is -4.56. The van der Waals surface area contributed by atoms with Gasteiger partial charge in [0.05, 0.1) is 11.9 Å². The molecule has 204 valence electrons. The summed E-state index contributed by atoms with van der Waals surface area (Å²) in [7, 11) is 3.93. The van der Waals surface area contributed by atoms with Gasteiger partial charge in [0.25, 0.3) is 0 Å². The van der Waals surface area contributed by atoms with E-state index in [4.69, 9.17) is 9.97 Å². The van der Waals surface area contributed by atoms with E-state index in [1.165, 1.54) is 0 Å². The molecule has 0 unspecified atom stereocenters. The number of likely N-dealkylation sites (N-methyl/N-ethyl adjacent to an activating group) is 1. The quantitative estimate of drug-likeness (QED) is 0.225. The largest absolute Gasteiger partial charge is 0.366 e. The van der Waals surface area contributed by atoms with Crippen LogP contribution >= 0.6 is 0 Å². The van der Waals surface area contributed by atoms with Crippen molar-refractivity contribution in [3.63, 3.8) is 0 Å². The molecule has 0 atom stereocenters. The first-order valence-electron chi connectivity index (χ1n) is 13.5. The van der Waals surface area contributed by atoms with Crippen LogP contribution in [0.5, 0.6) is 0 Å². The summed E-state index contributed by atoms with van der Waals surface area (Å²) in [5, 5.41) is 13.2. The van der Waals surface area contributed by atoms with Gasteiger partial charge in [-0.05, 0) is 56.1 Å². The van der Waals surface area contributed by atoms with Crippen LogP contribution < -0.4 is 10.6 Å². The number of rotatable bonds is 9. The van der Waals surface area contributed by atoms with Crippen LogP contribution in [0.15, 0.2) is 79.1 Å². The molecular weight excluding hydrogens is 498 g/mol. The zero-order valence-corrected chi connectivity index (χ0v) is 23.6. The second kappa shape index (κ2) is 11.7. The lowest BCUT2D eigenvalue weighted by atomic mass is 9.99. The topological polar surface area (TPSA) is 87.5 Å². The van der Waals surface area contributed by atoms with Gasteiger partial charge in [0.15, 0.2) is 5.65 Å². The molecule has 3 aromatic heterocycles. The van der Waals surface area contributed by atoms with E-state index in [9.17, 15) is 4.79 Å². The third-order valence-corrected chi connectivity index (χ3v) is 6.75. The van der Waals surface area contributed by atoms with Crippen molar-refractivity contribution in [2.45, 2.75) is 33.2 Å². The Balaban J connectivity index is 1.42. The molecule has 0 bridgehead atoms. The molecule has 5 aromatic rings. The maximum absolute atomic E-state index is 12.3. The third-order valence-electron chi connectivity index (χ3n) is 6.75. The number of nitrogens with one attached hydrogen (secondary N) is 2. The lowest BCUT2D eigenvalue weighted by molar-refractivity contribution is -0.111. The molecule has 0 aliphatic heterocycles. The first kappa shape index (κ1) is 27.0. The zero-order valence-electron chi connectivity index (χ0n) is 23.6. The number of benzene rings is 2. The molecule has 5 rings (SSSR count). The number of amides is 1. The Morgan fingerprint density at radius 1 is 1.10 bits per heavy atom. The highest BCUT2D eigenvalue weighted by molar-refractivity contribution is 6.02. The van der Waals surface area contributed by atoms with Crippen molar-refractivity contribution < 1.29 is 4.79 Å². The second-order valence-corrected chi connectivity index (χ2v) is 10.5. The molecule has 8 heteroatoms. The first-order valence-corrected chi connectivity index (χ1v) is 13.5. The van der Waals surface area contributed by atoms with E-state index < -0.39 is 0 Å². The van der Waals surface area contributed by atoms with Gasteiger partial charge in [-0.15, -0.1) is 0 Å². The van der Waals surface area contributed by atoms with Gasteiger partial charge in [-0.3, -0.25) is 9.78 Å². The average molecular weight is 534 g/mol. The van der Waals surface area contributed by atoms with Crippen LogP contribution in [0.25, 0.3) is 27.7 Å². The van der Waals surface area contributed by atoms with Gasteiger partial charge in [-0.25, -0.2) is 4.98 Å². The summed E-state index contributed by atoms with van der Waals surface area (Å²) < 4.78 is 1.88. The van der Waals surface area contributed by atoms with Crippen LogP contribution in [0.2, 0.25) is 0 Å². The molecule has 0 fully saturated rings. The molecule has 0 radical (unpaired) electrons. The molecule has 0 aliphatic carbocycles. The molecule has 8 nitrogen and oxygen atoms in total. The number of aryl methyl sites for hydroxylation is 1. The Morgan fingerprint density at radius 3 is 2.73 bits per heavy atom. The molecule has 1 amide bonds. The summed E-state index contributed by atoms with van der Waals surface area (Å²) in [6.45, 7) is 7.62. The number of carbonyl (C=O) groups is 1. The van der Waals surface area contributed by atoms with Crippen LogP contribution in [0.1, 0.15) is 36.6 Å². The van der Waals surface area contributed by atoms with Crippen LogP contribution in [0.3, 0.4) is 0 Å². The first-order chi connectivity index (χ1) is 19.3. The van der Waals surface area contributed by atoms with Gasteiger partial charge in [-0.2, -0.15) is 9.61 Å². The van der Waals surface area contributed by atoms with Crippen LogP contribution in [-0.2, 0) is 11.3 Å². The van der Waals surface area contributed by atoms with Gasteiger partial charge >= 0.3 is 0 Å². The summed E-state index contributed by atoms with van der Waals surface area (Å²) in [4.78, 5) is 23.8. The lowest BCUT2D eigenvalue weighted by Gasteiger charge is -2.14. The maximum Gasteiger partial charge on any atom is 0.248 e. The van der Waals surface area contributed by atoms with E-state index in [1.54, 1.807) is 6.08 Å². The summed E-state index contributed by atoms with van der Waals surface area (Å²) in [6, 6.07) is 18.2. The number of carbonyl (C=O) groups excluding carboxylic acids is 1. The monoisotopic (exact) mass is 533 g/mol. The minimum absolute atomic E-state index is 0.148. The average Bonchev–Trinajstić information content (AvgIpc) is 3.35. The van der Waals surface area contributed by atoms with Crippen LogP contribution in [-0.4, -0.2) is 51.0 Å². The lowest BCUT2D eigenvalue weighted by Crippen LogP contribution is -2.12. The summed E-state index contributed by atoms with van der Waals surface area (Å²) in [5.74, 6) is 1.09. The highest BCUT2D eigenvalue weighted by Gasteiger charge is 2.15. The Labute approximate surface area is 234 Å². The number of hydrogen-bond acceptors (Lipinski definition) is 6. The molecule has 2 aromatic carbocycles. The number of aromatic nitrogens is 4. The van der Waals surface area contributed by atoms with E-state index in [0.717, 1.165) is 56.0 Å². The Kier molecular flexibility index (Phi) is 7.89. The number of hydrogen-bond donors (Lipinski definition) is 2. The molecule has 0 saturated heterocycles. The SMILES string of the molecule is Cc1cc(NCc2ccccc2-c2nccc3cc(NC(=O)/C=C/CN(C)C)ccc23)n2ncc(C(C)C)c2n1. The van der Waals surface area contributed by atoms with Crippen molar-refractivity contribution in [1.29, 1.82) is 0 Å². The molecule has 0 saturated carbocycles. The standard InChI is InChI=1S/C32H35N7O/c1-21(2)28-20-35-39-29(17-22(3)36-32(28)39)34-19-24-9-6-7-10-26(24)31-27-13-12-25(18-23(27)14-15-33-31)37-30(40)11-8-16-38(4)5/h6-15,17-18,20-21,34H,16,19H2,1-5H3,(H,37,40)/b11-8+. The van der Waals surface area contributed by atoms with Crippen LogP contribution in [0.4, 0.5) is 11.5 Å². The van der Waals surface area contributed by atoms with Crippen molar-refractivity contribution in [3.05, 3.63) is 96.0 Å². The molecule has 2 N–H and O–H groups in total. The molecule has 0 aliphatic rings. The van der Waals surface area contributed by atoms with E-state index in [-0.39, 0.29) is 5.91 Å². The summed E-state index contributed by atoms with van der Waals surface area (Å²) in [5.41, 5.74) is 6.77. The fraction of sp³-hybridized carbons (Fsp3) is 0.250. The predicted octanol–water partition coefficient (Wildman–Crippen LogP) is 6.04. The van der Waals surface area contributed by atoms with Gasteiger partial charge in [0.2, 0.25) is 5.91 Å². The number of nitrogens with zero attached hydrogens (tertiary/aromatic N) is 5. The number of fused-ring (bicyclic) bond motifs is 2.